The first-order chi connectivity index (χ1) is 14.4. The molecule has 1 aliphatic carbocycles. The van der Waals surface area contributed by atoms with E-state index in [0.717, 1.165) is 31.2 Å². The Morgan fingerprint density at radius 3 is 2.30 bits per heavy atom. The monoisotopic (exact) mass is 428 g/mol. The molecule has 0 spiro atoms. The Morgan fingerprint density at radius 1 is 1.03 bits per heavy atom. The third kappa shape index (κ3) is 9.47. The van der Waals surface area contributed by atoms with Gasteiger partial charge in [0.05, 0.1) is 6.61 Å². The number of guanidine groups is 1. The van der Waals surface area contributed by atoms with Crippen molar-refractivity contribution in [3.63, 3.8) is 0 Å². The molecule has 1 fully saturated rings. The highest BCUT2D eigenvalue weighted by Gasteiger charge is 2.27. The standard InChI is InChI=1S/C21H31F3N4O2/c1-25-20(27-12-11-26-19(29)18-5-3-2-4-6-18)28-13-16-7-9-17(10-8-16)14-30-15-21(22,23)24/h7-10,18H,2-6,11-15H2,1H3,(H,26,29)(H2,25,27,28). The van der Waals surface area contributed by atoms with Crippen LogP contribution >= 0.6 is 0 Å². The summed E-state index contributed by atoms with van der Waals surface area (Å²) in [5, 5.41) is 9.29. The number of halogens is 3. The molecule has 6 nitrogen and oxygen atoms in total. The maximum absolute atomic E-state index is 12.1. The van der Waals surface area contributed by atoms with Crippen LogP contribution in [-0.4, -0.2) is 44.8 Å². The zero-order valence-electron chi connectivity index (χ0n) is 17.4. The lowest BCUT2D eigenvalue weighted by Crippen LogP contribution is -2.42. The maximum Gasteiger partial charge on any atom is 0.411 e. The van der Waals surface area contributed by atoms with Gasteiger partial charge in [0.25, 0.3) is 0 Å². The van der Waals surface area contributed by atoms with Crippen LogP contribution in [0.3, 0.4) is 0 Å². The van der Waals surface area contributed by atoms with Gasteiger partial charge in [-0.3, -0.25) is 9.79 Å². The number of amides is 1. The van der Waals surface area contributed by atoms with Gasteiger partial charge in [-0.05, 0) is 24.0 Å². The predicted octanol–water partition coefficient (Wildman–Crippen LogP) is 3.13. The Bertz CT molecular complexity index is 672. The number of aliphatic imine (C=N–C) groups is 1. The van der Waals surface area contributed by atoms with Crippen molar-refractivity contribution in [3.05, 3.63) is 35.4 Å². The number of hydrogen-bond donors (Lipinski definition) is 3. The molecule has 9 heteroatoms. The SMILES string of the molecule is CN=C(NCCNC(=O)C1CCCCC1)NCc1ccc(COCC(F)(F)F)cc1. The highest BCUT2D eigenvalue weighted by atomic mass is 19.4. The highest BCUT2D eigenvalue weighted by molar-refractivity contribution is 5.80. The predicted molar refractivity (Wildman–Crippen MR) is 110 cm³/mol. The third-order valence-electron chi connectivity index (χ3n) is 4.93. The van der Waals surface area contributed by atoms with Crippen LogP contribution in [0.1, 0.15) is 43.2 Å². The van der Waals surface area contributed by atoms with Crippen LogP contribution in [0.5, 0.6) is 0 Å². The maximum atomic E-state index is 12.1. The minimum Gasteiger partial charge on any atom is -0.367 e. The number of rotatable bonds is 9. The van der Waals surface area contributed by atoms with Crippen LogP contribution in [0.15, 0.2) is 29.3 Å². The van der Waals surface area contributed by atoms with E-state index in [1.54, 1.807) is 19.2 Å². The molecule has 1 amide bonds. The fourth-order valence-electron chi connectivity index (χ4n) is 3.32. The average molecular weight is 428 g/mol. The van der Waals surface area contributed by atoms with E-state index in [9.17, 15) is 18.0 Å². The summed E-state index contributed by atoms with van der Waals surface area (Å²) in [5.41, 5.74) is 1.64. The van der Waals surface area contributed by atoms with Crippen LogP contribution in [0.4, 0.5) is 13.2 Å². The lowest BCUT2D eigenvalue weighted by Gasteiger charge is -2.21. The zero-order chi connectivity index (χ0) is 21.8. The van der Waals surface area contributed by atoms with E-state index in [1.807, 2.05) is 12.1 Å². The quantitative estimate of drug-likeness (QED) is 0.321. The average Bonchev–Trinajstić information content (AvgIpc) is 2.74. The topological polar surface area (TPSA) is 74.8 Å². The zero-order valence-corrected chi connectivity index (χ0v) is 17.4. The molecule has 0 atom stereocenters. The second kappa shape index (κ2) is 12.4. The van der Waals surface area contributed by atoms with Gasteiger partial charge in [-0.1, -0.05) is 43.5 Å². The first kappa shape index (κ1) is 24.0. The van der Waals surface area contributed by atoms with Crippen LogP contribution in [0.25, 0.3) is 0 Å². The van der Waals surface area contributed by atoms with Crippen molar-refractivity contribution in [1.82, 2.24) is 16.0 Å². The Morgan fingerprint density at radius 2 is 1.67 bits per heavy atom. The van der Waals surface area contributed by atoms with Crippen molar-refractivity contribution in [2.75, 3.05) is 26.7 Å². The van der Waals surface area contributed by atoms with E-state index in [4.69, 9.17) is 0 Å². The fraction of sp³-hybridized carbons (Fsp3) is 0.619. The molecule has 0 unspecified atom stereocenters. The number of hydrogen-bond acceptors (Lipinski definition) is 3. The molecule has 168 valence electrons. The summed E-state index contributed by atoms with van der Waals surface area (Å²) < 4.78 is 40.9. The van der Waals surface area contributed by atoms with Gasteiger partial charge in [0.15, 0.2) is 5.96 Å². The molecule has 0 heterocycles. The van der Waals surface area contributed by atoms with Crippen LogP contribution < -0.4 is 16.0 Å². The van der Waals surface area contributed by atoms with E-state index in [2.05, 4.69) is 25.7 Å². The Balaban J connectivity index is 1.63. The summed E-state index contributed by atoms with van der Waals surface area (Å²) >= 11 is 0. The lowest BCUT2D eigenvalue weighted by atomic mass is 9.89. The molecule has 3 N–H and O–H groups in total. The Labute approximate surface area is 175 Å². The summed E-state index contributed by atoms with van der Waals surface area (Å²) in [6.45, 7) is 0.274. The number of benzene rings is 1. The molecular formula is C21H31F3N4O2. The minimum atomic E-state index is -4.31. The van der Waals surface area contributed by atoms with Gasteiger partial charge in [-0.15, -0.1) is 0 Å². The molecule has 1 aliphatic rings. The second-order valence-corrected chi connectivity index (χ2v) is 7.40. The molecule has 1 aromatic carbocycles. The molecule has 1 saturated carbocycles. The van der Waals surface area contributed by atoms with E-state index < -0.39 is 12.8 Å². The van der Waals surface area contributed by atoms with Gasteiger partial charge in [-0.25, -0.2) is 0 Å². The number of ether oxygens (including phenoxy) is 1. The number of nitrogens with one attached hydrogen (secondary N) is 3. The summed E-state index contributed by atoms with van der Waals surface area (Å²) in [5.74, 6) is 0.899. The molecule has 0 radical (unpaired) electrons. The van der Waals surface area contributed by atoms with E-state index in [1.165, 1.54) is 6.42 Å². The highest BCUT2D eigenvalue weighted by Crippen LogP contribution is 2.23. The largest absolute Gasteiger partial charge is 0.411 e. The number of carbonyl (C=O) groups is 1. The summed E-state index contributed by atoms with van der Waals surface area (Å²) in [4.78, 5) is 16.3. The van der Waals surface area contributed by atoms with Gasteiger partial charge < -0.3 is 20.7 Å². The number of carbonyl (C=O) groups excluding carboxylic acids is 1. The Hall–Kier alpha value is -2.29. The third-order valence-corrected chi connectivity index (χ3v) is 4.93. The smallest absolute Gasteiger partial charge is 0.367 e. The summed E-state index contributed by atoms with van der Waals surface area (Å²) in [7, 11) is 1.66. The molecule has 2 rings (SSSR count). The lowest BCUT2D eigenvalue weighted by molar-refractivity contribution is -0.176. The van der Waals surface area contributed by atoms with E-state index >= 15 is 0 Å². The molecule has 0 aromatic heterocycles. The van der Waals surface area contributed by atoms with Gasteiger partial charge in [0.1, 0.15) is 6.61 Å². The van der Waals surface area contributed by atoms with Gasteiger partial charge in [0.2, 0.25) is 5.91 Å². The van der Waals surface area contributed by atoms with Crippen molar-refractivity contribution in [2.24, 2.45) is 10.9 Å². The molecule has 0 bridgehead atoms. The van der Waals surface area contributed by atoms with Crippen molar-refractivity contribution < 1.29 is 22.7 Å². The van der Waals surface area contributed by atoms with E-state index in [0.29, 0.717) is 31.2 Å². The minimum absolute atomic E-state index is 0.0803. The van der Waals surface area contributed by atoms with Crippen LogP contribution in [0.2, 0.25) is 0 Å². The second-order valence-electron chi connectivity index (χ2n) is 7.40. The van der Waals surface area contributed by atoms with E-state index in [-0.39, 0.29) is 18.4 Å². The van der Waals surface area contributed by atoms with Crippen LogP contribution in [-0.2, 0) is 22.7 Å². The van der Waals surface area contributed by atoms with Gasteiger partial charge >= 0.3 is 6.18 Å². The normalized spacial score (nSPS) is 15.7. The molecule has 30 heavy (non-hydrogen) atoms. The first-order valence-electron chi connectivity index (χ1n) is 10.3. The first-order valence-corrected chi connectivity index (χ1v) is 10.3. The van der Waals surface area contributed by atoms with Crippen LogP contribution in [0, 0.1) is 5.92 Å². The molecule has 1 aromatic rings. The van der Waals surface area contributed by atoms with Crippen molar-refractivity contribution >= 4 is 11.9 Å². The number of nitrogens with zero attached hydrogens (tertiary/aromatic N) is 1. The Kier molecular flexibility index (Phi) is 9.93. The van der Waals surface area contributed by atoms with Crippen molar-refractivity contribution in [1.29, 1.82) is 0 Å². The van der Waals surface area contributed by atoms with Gasteiger partial charge in [-0.2, -0.15) is 13.2 Å². The van der Waals surface area contributed by atoms with Gasteiger partial charge in [0, 0.05) is 32.6 Å². The summed E-state index contributed by atoms with van der Waals surface area (Å²) in [6, 6.07) is 7.14. The molecule has 0 aliphatic heterocycles. The van der Waals surface area contributed by atoms with Crippen molar-refractivity contribution in [3.8, 4) is 0 Å². The molecular weight excluding hydrogens is 397 g/mol. The van der Waals surface area contributed by atoms with Crippen molar-refractivity contribution in [2.45, 2.75) is 51.4 Å². The fourth-order valence-corrected chi connectivity index (χ4v) is 3.32. The summed E-state index contributed by atoms with van der Waals surface area (Å²) in [6.07, 6.45) is 1.14. The molecule has 0 saturated heterocycles. The number of alkyl halides is 3.